The average Bonchev–Trinajstić information content (AvgIpc) is 3.07. The van der Waals surface area contributed by atoms with Crippen LogP contribution in [0.25, 0.3) is 5.65 Å². The van der Waals surface area contributed by atoms with E-state index >= 15 is 0 Å². The van der Waals surface area contributed by atoms with Gasteiger partial charge in [-0.25, -0.2) is 4.98 Å². The van der Waals surface area contributed by atoms with Crippen molar-refractivity contribution in [3.05, 3.63) is 70.5 Å². The van der Waals surface area contributed by atoms with Crippen molar-refractivity contribution in [2.24, 2.45) is 0 Å². The second-order valence-electron chi connectivity index (χ2n) is 5.77. The molecule has 2 aromatic heterocycles. The number of aromatic nitrogens is 3. The van der Waals surface area contributed by atoms with Crippen LogP contribution in [0.2, 0.25) is 0 Å². The number of aryl methyl sites for hydroxylation is 1. The zero-order valence-corrected chi connectivity index (χ0v) is 13.8. The zero-order valence-electron chi connectivity index (χ0n) is 13.8. The van der Waals surface area contributed by atoms with Gasteiger partial charge in [0.1, 0.15) is 6.54 Å². The van der Waals surface area contributed by atoms with E-state index in [1.54, 1.807) is 29.2 Å². The molecule has 1 atom stereocenters. The molecule has 3 aromatic rings. The average molecular weight is 324 g/mol. The van der Waals surface area contributed by atoms with E-state index in [0.29, 0.717) is 5.65 Å². The van der Waals surface area contributed by atoms with Gasteiger partial charge in [0, 0.05) is 24.8 Å². The van der Waals surface area contributed by atoms with E-state index in [-0.39, 0.29) is 24.1 Å². The van der Waals surface area contributed by atoms with Gasteiger partial charge >= 0.3 is 0 Å². The van der Waals surface area contributed by atoms with Crippen molar-refractivity contribution in [1.29, 1.82) is 0 Å². The third-order valence-corrected chi connectivity index (χ3v) is 4.11. The summed E-state index contributed by atoms with van der Waals surface area (Å²) in [6.07, 6.45) is 7.55. The topological polar surface area (TPSA) is 68.4 Å². The monoisotopic (exact) mass is 324 g/mol. The van der Waals surface area contributed by atoms with Gasteiger partial charge < -0.3 is 14.3 Å². The van der Waals surface area contributed by atoms with Gasteiger partial charge in [-0.2, -0.15) is 0 Å². The molecule has 6 heteroatoms. The highest BCUT2D eigenvalue weighted by atomic mass is 16.2. The Kier molecular flexibility index (Phi) is 4.46. The maximum atomic E-state index is 12.3. The summed E-state index contributed by atoms with van der Waals surface area (Å²) in [7, 11) is 0. The Morgan fingerprint density at radius 2 is 1.96 bits per heavy atom. The fraction of sp³-hybridized carbons (Fsp3) is 0.278. The first-order chi connectivity index (χ1) is 11.6. The quantitative estimate of drug-likeness (QED) is 0.780. The Labute approximate surface area is 139 Å². The van der Waals surface area contributed by atoms with Crippen molar-refractivity contribution < 1.29 is 4.79 Å². The van der Waals surface area contributed by atoms with Crippen molar-refractivity contribution in [2.45, 2.75) is 32.9 Å². The number of nitrogens with zero attached hydrogens (tertiary/aromatic N) is 3. The van der Waals surface area contributed by atoms with Crippen molar-refractivity contribution in [3.63, 3.8) is 0 Å². The fourth-order valence-electron chi connectivity index (χ4n) is 2.64. The number of rotatable bonds is 5. The van der Waals surface area contributed by atoms with Crippen molar-refractivity contribution >= 4 is 11.6 Å². The predicted molar refractivity (Wildman–Crippen MR) is 91.8 cm³/mol. The molecule has 0 aliphatic heterocycles. The molecule has 1 N–H and O–H groups in total. The molecule has 0 spiro atoms. The number of nitrogens with one attached hydrogen (secondary N) is 1. The second-order valence-corrected chi connectivity index (χ2v) is 5.77. The van der Waals surface area contributed by atoms with Crippen LogP contribution in [-0.2, 0) is 17.8 Å². The van der Waals surface area contributed by atoms with E-state index < -0.39 is 0 Å². The lowest BCUT2D eigenvalue weighted by Gasteiger charge is -2.15. The number of hydrogen-bond donors (Lipinski definition) is 1. The predicted octanol–water partition coefficient (Wildman–Crippen LogP) is 1.94. The van der Waals surface area contributed by atoms with E-state index in [1.165, 1.54) is 10.1 Å². The summed E-state index contributed by atoms with van der Waals surface area (Å²) in [5, 5.41) is 2.93. The van der Waals surface area contributed by atoms with Gasteiger partial charge in [0.25, 0.3) is 5.56 Å². The highest BCUT2D eigenvalue weighted by molar-refractivity contribution is 5.76. The van der Waals surface area contributed by atoms with Crippen LogP contribution < -0.4 is 10.9 Å². The maximum Gasteiger partial charge on any atom is 0.294 e. The van der Waals surface area contributed by atoms with Gasteiger partial charge in [-0.05, 0) is 24.5 Å². The molecule has 3 rings (SSSR count). The standard InChI is InChI=1S/C18H20N4O2/c1-3-14-4-6-15(7-5-14)13(2)20-16(23)12-22-11-10-21-9-8-19-17(21)18(22)24/h4-11,13H,3,12H2,1-2H3,(H,20,23). The van der Waals surface area contributed by atoms with Crippen LogP contribution in [0.4, 0.5) is 0 Å². The summed E-state index contributed by atoms with van der Waals surface area (Å²) in [5.74, 6) is -0.208. The molecule has 0 saturated heterocycles. The molecule has 0 aliphatic carbocycles. The Bertz CT molecular complexity index is 909. The lowest BCUT2D eigenvalue weighted by molar-refractivity contribution is -0.122. The SMILES string of the molecule is CCc1ccc(C(C)NC(=O)Cn2ccn3ccnc3c2=O)cc1. The van der Waals surface area contributed by atoms with Crippen LogP contribution >= 0.6 is 0 Å². The van der Waals surface area contributed by atoms with Gasteiger partial charge in [0.05, 0.1) is 6.04 Å². The molecule has 2 heterocycles. The van der Waals surface area contributed by atoms with Gasteiger partial charge in [0.2, 0.25) is 11.6 Å². The Morgan fingerprint density at radius 3 is 2.67 bits per heavy atom. The fourth-order valence-corrected chi connectivity index (χ4v) is 2.64. The second kappa shape index (κ2) is 6.70. The maximum absolute atomic E-state index is 12.3. The summed E-state index contributed by atoms with van der Waals surface area (Å²) < 4.78 is 3.00. The normalized spacial score (nSPS) is 12.2. The third-order valence-electron chi connectivity index (χ3n) is 4.11. The minimum Gasteiger partial charge on any atom is -0.348 e. The summed E-state index contributed by atoms with van der Waals surface area (Å²) in [4.78, 5) is 28.5. The number of carbonyl (C=O) groups is 1. The summed E-state index contributed by atoms with van der Waals surface area (Å²) in [6, 6.07) is 8.05. The molecule has 0 radical (unpaired) electrons. The van der Waals surface area contributed by atoms with Gasteiger partial charge in [-0.15, -0.1) is 0 Å². The van der Waals surface area contributed by atoms with E-state index in [2.05, 4.69) is 29.4 Å². The molecule has 0 fully saturated rings. The van der Waals surface area contributed by atoms with Gasteiger partial charge in [-0.3, -0.25) is 9.59 Å². The van der Waals surface area contributed by atoms with E-state index in [9.17, 15) is 9.59 Å². The number of carbonyl (C=O) groups excluding carboxylic acids is 1. The first-order valence-electron chi connectivity index (χ1n) is 7.99. The van der Waals surface area contributed by atoms with E-state index in [1.807, 2.05) is 19.1 Å². The van der Waals surface area contributed by atoms with Gasteiger partial charge in [-0.1, -0.05) is 31.2 Å². The van der Waals surface area contributed by atoms with Crippen LogP contribution in [-0.4, -0.2) is 19.9 Å². The van der Waals surface area contributed by atoms with E-state index in [4.69, 9.17) is 0 Å². The van der Waals surface area contributed by atoms with Crippen molar-refractivity contribution in [1.82, 2.24) is 19.3 Å². The number of benzene rings is 1. The summed E-state index contributed by atoms with van der Waals surface area (Å²) in [6.45, 7) is 4.01. The Balaban J connectivity index is 1.69. The summed E-state index contributed by atoms with van der Waals surface area (Å²) >= 11 is 0. The largest absolute Gasteiger partial charge is 0.348 e. The van der Waals surface area contributed by atoms with Gasteiger partial charge in [0.15, 0.2) is 0 Å². The highest BCUT2D eigenvalue weighted by Gasteiger charge is 2.12. The van der Waals surface area contributed by atoms with Crippen LogP contribution in [0.5, 0.6) is 0 Å². The first-order valence-corrected chi connectivity index (χ1v) is 7.99. The number of fused-ring (bicyclic) bond motifs is 1. The molecule has 1 unspecified atom stereocenters. The van der Waals surface area contributed by atoms with E-state index in [0.717, 1.165) is 12.0 Å². The third kappa shape index (κ3) is 3.22. The molecule has 6 nitrogen and oxygen atoms in total. The molecule has 0 saturated carbocycles. The highest BCUT2D eigenvalue weighted by Crippen LogP contribution is 2.13. The number of hydrogen-bond acceptors (Lipinski definition) is 3. The Morgan fingerprint density at radius 1 is 1.21 bits per heavy atom. The minimum atomic E-state index is -0.280. The molecule has 0 bridgehead atoms. The molecule has 124 valence electrons. The Hall–Kier alpha value is -2.89. The molecular formula is C18H20N4O2. The zero-order chi connectivity index (χ0) is 17.1. The van der Waals surface area contributed by atoms with Crippen LogP contribution in [0.15, 0.2) is 53.8 Å². The number of amides is 1. The molecule has 1 aromatic carbocycles. The lowest BCUT2D eigenvalue weighted by Crippen LogP contribution is -2.34. The molecule has 1 amide bonds. The van der Waals surface area contributed by atoms with Crippen molar-refractivity contribution in [3.8, 4) is 0 Å². The smallest absolute Gasteiger partial charge is 0.294 e. The summed E-state index contributed by atoms with van der Waals surface area (Å²) in [5.41, 5.74) is 2.33. The number of imidazole rings is 1. The molecule has 0 aliphatic rings. The van der Waals surface area contributed by atoms with Crippen molar-refractivity contribution in [2.75, 3.05) is 0 Å². The first kappa shape index (κ1) is 16.0. The van der Waals surface area contributed by atoms with Crippen LogP contribution in [0.3, 0.4) is 0 Å². The molecular weight excluding hydrogens is 304 g/mol. The lowest BCUT2D eigenvalue weighted by atomic mass is 10.1. The van der Waals surface area contributed by atoms with Crippen LogP contribution in [0, 0.1) is 0 Å². The van der Waals surface area contributed by atoms with Crippen LogP contribution in [0.1, 0.15) is 31.0 Å². The molecule has 24 heavy (non-hydrogen) atoms. The minimum absolute atomic E-state index is 0.0282.